The van der Waals surface area contributed by atoms with Gasteiger partial charge in [-0.2, -0.15) is 5.26 Å². The quantitative estimate of drug-likeness (QED) is 0.579. The molecule has 0 bridgehead atoms. The van der Waals surface area contributed by atoms with Crippen LogP contribution in [0.3, 0.4) is 0 Å². The Morgan fingerprint density at radius 1 is 1.62 bits per heavy atom. The van der Waals surface area contributed by atoms with Crippen molar-refractivity contribution in [1.82, 2.24) is 0 Å². The lowest BCUT2D eigenvalue weighted by Gasteiger charge is -2.24. The van der Waals surface area contributed by atoms with Crippen LogP contribution in [0.1, 0.15) is 27.2 Å². The van der Waals surface area contributed by atoms with Crippen molar-refractivity contribution in [3.63, 3.8) is 0 Å². The number of esters is 1. The first kappa shape index (κ1) is 13.6. The molecule has 0 aromatic heterocycles. The number of rotatable bonds is 4. The van der Waals surface area contributed by atoms with Gasteiger partial charge in [0.15, 0.2) is 0 Å². The fraction of sp³-hybridized carbons (Fsp3) is 0.818. The minimum atomic E-state index is -0.825. The van der Waals surface area contributed by atoms with E-state index in [0.717, 1.165) is 0 Å². The molecule has 0 aliphatic heterocycles. The summed E-state index contributed by atoms with van der Waals surface area (Å²) in [5.41, 5.74) is -0.386. The Labute approximate surface area is 106 Å². The monoisotopic (exact) mass is 263 g/mol. The van der Waals surface area contributed by atoms with Gasteiger partial charge in [0.2, 0.25) is 0 Å². The highest BCUT2D eigenvalue weighted by atomic mass is 35.5. The molecule has 3 atom stereocenters. The van der Waals surface area contributed by atoms with Crippen LogP contribution >= 0.6 is 23.2 Å². The smallest absolute Gasteiger partial charge is 0.323 e. The molecule has 1 fully saturated rings. The van der Waals surface area contributed by atoms with Gasteiger partial charge in [0, 0.05) is 5.41 Å². The number of carbonyl (C=O) groups excluding carboxylic acids is 1. The Hall–Kier alpha value is -0.460. The van der Waals surface area contributed by atoms with Gasteiger partial charge in [-0.05, 0) is 19.3 Å². The Morgan fingerprint density at radius 3 is 2.44 bits per heavy atom. The van der Waals surface area contributed by atoms with Crippen LogP contribution in [0.15, 0.2) is 0 Å². The van der Waals surface area contributed by atoms with Gasteiger partial charge in [0.05, 0.1) is 12.7 Å². The number of nitrogens with zero attached hydrogens (tertiary/aromatic N) is 1. The van der Waals surface area contributed by atoms with Gasteiger partial charge in [0.25, 0.3) is 0 Å². The molecule has 0 saturated heterocycles. The highest BCUT2D eigenvalue weighted by molar-refractivity contribution is 6.51. The van der Waals surface area contributed by atoms with Crippen LogP contribution in [-0.2, 0) is 9.53 Å². The molecule has 0 aromatic rings. The zero-order valence-electron chi connectivity index (χ0n) is 9.59. The zero-order chi connectivity index (χ0) is 12.6. The van der Waals surface area contributed by atoms with Crippen molar-refractivity contribution in [2.24, 2.45) is 17.3 Å². The molecule has 90 valence electrons. The third kappa shape index (κ3) is 2.14. The third-order valence-electron chi connectivity index (χ3n) is 3.48. The first-order valence-corrected chi connectivity index (χ1v) is 6.00. The van der Waals surface area contributed by atoms with Crippen LogP contribution in [0.4, 0.5) is 0 Å². The van der Waals surface area contributed by atoms with E-state index in [4.69, 9.17) is 33.2 Å². The van der Waals surface area contributed by atoms with Gasteiger partial charge in [-0.1, -0.05) is 13.8 Å². The number of hydrogen-bond acceptors (Lipinski definition) is 3. The van der Waals surface area contributed by atoms with Crippen LogP contribution in [0.25, 0.3) is 0 Å². The Bertz CT molecular complexity index is 337. The average molecular weight is 264 g/mol. The number of alkyl halides is 2. The molecule has 1 aliphatic carbocycles. The lowest BCUT2D eigenvalue weighted by molar-refractivity contribution is -0.148. The number of carbonyl (C=O) groups is 1. The Balaban J connectivity index is 2.77. The molecule has 0 radical (unpaired) electrons. The second-order valence-corrected chi connectivity index (χ2v) is 5.93. The molecule has 1 rings (SSSR count). The van der Waals surface area contributed by atoms with E-state index >= 15 is 0 Å². The molecule has 3 unspecified atom stereocenters. The molecule has 1 saturated carbocycles. The average Bonchev–Trinajstić information content (AvgIpc) is 2.69. The van der Waals surface area contributed by atoms with E-state index in [1.807, 2.05) is 19.9 Å². The van der Waals surface area contributed by atoms with Gasteiger partial charge in [-0.25, -0.2) is 0 Å². The van der Waals surface area contributed by atoms with Crippen LogP contribution in [0.5, 0.6) is 0 Å². The van der Waals surface area contributed by atoms with E-state index in [1.165, 1.54) is 0 Å². The summed E-state index contributed by atoms with van der Waals surface area (Å²) >= 11 is 12.1. The summed E-state index contributed by atoms with van der Waals surface area (Å²) in [6.45, 7) is 5.69. The maximum absolute atomic E-state index is 11.6. The number of halogens is 2. The molecular formula is C11H15Cl2NO2. The normalized spacial score (nSPS) is 30.0. The van der Waals surface area contributed by atoms with Gasteiger partial charge in [0.1, 0.15) is 10.3 Å². The first-order valence-electron chi connectivity index (χ1n) is 5.24. The Morgan fingerprint density at radius 2 is 2.12 bits per heavy atom. The molecule has 0 amide bonds. The molecule has 0 heterocycles. The van der Waals surface area contributed by atoms with E-state index in [9.17, 15) is 4.79 Å². The summed E-state index contributed by atoms with van der Waals surface area (Å²) in [6, 6.07) is 1.98. The molecule has 16 heavy (non-hydrogen) atoms. The molecule has 5 heteroatoms. The number of nitriles is 1. The van der Waals surface area contributed by atoms with E-state index in [0.29, 0.717) is 6.42 Å². The van der Waals surface area contributed by atoms with E-state index < -0.39 is 16.2 Å². The second kappa shape index (κ2) is 4.43. The van der Waals surface area contributed by atoms with Crippen LogP contribution in [-0.4, -0.2) is 16.9 Å². The minimum absolute atomic E-state index is 0.216. The van der Waals surface area contributed by atoms with Crippen molar-refractivity contribution in [2.45, 2.75) is 31.5 Å². The second-order valence-electron chi connectivity index (χ2n) is 4.45. The summed E-state index contributed by atoms with van der Waals surface area (Å²) < 4.78 is 4.03. The van der Waals surface area contributed by atoms with Crippen molar-refractivity contribution in [3.8, 4) is 6.07 Å². The predicted octanol–water partition coefficient (Wildman–Crippen LogP) is 2.91. The minimum Gasteiger partial charge on any atom is -0.465 e. The fourth-order valence-electron chi connectivity index (χ4n) is 1.88. The molecule has 0 N–H and O–H groups in total. The fourth-order valence-corrected chi connectivity index (χ4v) is 2.78. The topological polar surface area (TPSA) is 50.1 Å². The molecule has 0 spiro atoms. The Kier molecular flexibility index (Phi) is 3.76. The van der Waals surface area contributed by atoms with Crippen LogP contribution in [0, 0.1) is 28.6 Å². The van der Waals surface area contributed by atoms with Gasteiger partial charge in [-0.3, -0.25) is 4.79 Å². The predicted molar refractivity (Wildman–Crippen MR) is 62.1 cm³/mol. The lowest BCUT2D eigenvalue weighted by Crippen LogP contribution is -2.30. The zero-order valence-corrected chi connectivity index (χ0v) is 11.1. The summed E-state index contributed by atoms with van der Waals surface area (Å²) in [5, 5.41) is 9.02. The number of hydrogen-bond donors (Lipinski definition) is 0. The summed E-state index contributed by atoms with van der Waals surface area (Å²) in [5.74, 6) is -1.51. The lowest BCUT2D eigenvalue weighted by atomic mass is 9.82. The maximum atomic E-state index is 11.6. The van der Waals surface area contributed by atoms with Crippen molar-refractivity contribution < 1.29 is 9.53 Å². The van der Waals surface area contributed by atoms with Gasteiger partial charge >= 0.3 is 5.97 Å². The summed E-state index contributed by atoms with van der Waals surface area (Å²) in [4.78, 5) is 11.6. The maximum Gasteiger partial charge on any atom is 0.323 e. The third-order valence-corrected chi connectivity index (χ3v) is 4.62. The van der Waals surface area contributed by atoms with Gasteiger partial charge < -0.3 is 4.74 Å². The summed E-state index contributed by atoms with van der Waals surface area (Å²) in [7, 11) is 0. The molecule has 3 nitrogen and oxygen atoms in total. The molecule has 1 aliphatic rings. The van der Waals surface area contributed by atoms with E-state index in [2.05, 4.69) is 0 Å². The molecular weight excluding hydrogens is 249 g/mol. The standard InChI is InChI=1S/C11H15Cl2NO2/c1-4-16-9(15)8(5-14)7(2)10(3)6-11(10,12)13/h7-8H,4,6H2,1-3H3. The first-order chi connectivity index (χ1) is 7.30. The largest absolute Gasteiger partial charge is 0.465 e. The van der Waals surface area contributed by atoms with Crippen LogP contribution < -0.4 is 0 Å². The summed E-state index contributed by atoms with van der Waals surface area (Å²) in [6.07, 6.45) is 0.599. The van der Waals surface area contributed by atoms with Crippen molar-refractivity contribution in [3.05, 3.63) is 0 Å². The van der Waals surface area contributed by atoms with E-state index in [1.54, 1.807) is 6.92 Å². The van der Waals surface area contributed by atoms with Crippen molar-refractivity contribution >= 4 is 29.2 Å². The van der Waals surface area contributed by atoms with Crippen molar-refractivity contribution in [2.75, 3.05) is 6.61 Å². The van der Waals surface area contributed by atoms with E-state index in [-0.39, 0.29) is 17.9 Å². The highest BCUT2D eigenvalue weighted by Gasteiger charge is 2.67. The SMILES string of the molecule is CCOC(=O)C(C#N)C(C)C1(C)CC1(Cl)Cl. The van der Waals surface area contributed by atoms with Crippen molar-refractivity contribution in [1.29, 1.82) is 5.26 Å². The number of ether oxygens (including phenoxy) is 1. The highest BCUT2D eigenvalue weighted by Crippen LogP contribution is 2.68. The van der Waals surface area contributed by atoms with Gasteiger partial charge in [-0.15, -0.1) is 23.2 Å². The van der Waals surface area contributed by atoms with Crippen LogP contribution in [0.2, 0.25) is 0 Å². The molecule has 0 aromatic carbocycles.